The number of carboxylic acid groups (broad SMARTS) is 1. The van der Waals surface area contributed by atoms with Crippen LogP contribution in [-0.4, -0.2) is 31.6 Å². The van der Waals surface area contributed by atoms with E-state index in [-0.39, 0.29) is 22.2 Å². The van der Waals surface area contributed by atoms with Crippen molar-refractivity contribution in [2.24, 2.45) is 0 Å². The van der Waals surface area contributed by atoms with Crippen molar-refractivity contribution in [3.63, 3.8) is 0 Å². The molecule has 1 aliphatic carbocycles. The van der Waals surface area contributed by atoms with Gasteiger partial charge in [0.2, 0.25) is 0 Å². The highest BCUT2D eigenvalue weighted by Gasteiger charge is 2.26. The van der Waals surface area contributed by atoms with Crippen LogP contribution in [0.4, 0.5) is 10.5 Å². The number of carbonyl (C=O) groups is 2. The first-order valence-corrected chi connectivity index (χ1v) is 7.24. The third-order valence-electron chi connectivity index (χ3n) is 2.69. The Morgan fingerprint density at radius 3 is 2.45 bits per heavy atom. The molecule has 8 nitrogen and oxygen atoms in total. The summed E-state index contributed by atoms with van der Waals surface area (Å²) < 4.78 is 25.7. The molecule has 5 N–H and O–H groups in total. The third kappa shape index (κ3) is 3.18. The lowest BCUT2D eigenvalue weighted by Crippen LogP contribution is -2.40. The number of urea groups is 1. The molecule has 1 saturated carbocycles. The van der Waals surface area contributed by atoms with Crippen LogP contribution in [0.25, 0.3) is 0 Å². The molecular formula is C11H13N3O5S. The number of aromatic carboxylic acids is 1. The number of amides is 2. The first-order valence-electron chi connectivity index (χ1n) is 5.76. The monoisotopic (exact) mass is 299 g/mol. The van der Waals surface area contributed by atoms with Crippen molar-refractivity contribution in [3.8, 4) is 0 Å². The average Bonchev–Trinajstić information content (AvgIpc) is 3.11. The maximum Gasteiger partial charge on any atom is 0.335 e. The second kappa shape index (κ2) is 5.00. The number of anilines is 1. The van der Waals surface area contributed by atoms with E-state index < -0.39 is 22.0 Å². The van der Waals surface area contributed by atoms with Crippen LogP contribution in [0, 0.1) is 0 Å². The number of rotatable bonds is 4. The Balaban J connectivity index is 2.20. The lowest BCUT2D eigenvalue weighted by Gasteiger charge is -2.10. The molecule has 9 heteroatoms. The Morgan fingerprint density at radius 2 is 1.95 bits per heavy atom. The van der Waals surface area contributed by atoms with Crippen molar-refractivity contribution in [3.05, 3.63) is 23.8 Å². The molecule has 1 aromatic carbocycles. The van der Waals surface area contributed by atoms with Crippen molar-refractivity contribution in [1.82, 2.24) is 10.0 Å². The van der Waals surface area contributed by atoms with Gasteiger partial charge in [-0.05, 0) is 31.0 Å². The quantitative estimate of drug-likeness (QED) is 0.582. The second-order valence-corrected chi connectivity index (χ2v) is 6.06. The molecule has 0 atom stereocenters. The summed E-state index contributed by atoms with van der Waals surface area (Å²) in [6.07, 6.45) is 1.64. The molecule has 0 unspecified atom stereocenters. The Morgan fingerprint density at radius 1 is 1.30 bits per heavy atom. The number of hydrogen-bond acceptors (Lipinski definition) is 5. The van der Waals surface area contributed by atoms with Crippen LogP contribution < -0.4 is 15.8 Å². The number of nitrogens with two attached hydrogens (primary N) is 1. The molecule has 0 heterocycles. The van der Waals surface area contributed by atoms with E-state index in [2.05, 4.69) is 5.32 Å². The van der Waals surface area contributed by atoms with Crippen molar-refractivity contribution < 1.29 is 23.1 Å². The van der Waals surface area contributed by atoms with Gasteiger partial charge in [-0.15, -0.1) is 0 Å². The highest BCUT2D eigenvalue weighted by molar-refractivity contribution is 7.90. The summed E-state index contributed by atoms with van der Waals surface area (Å²) in [7, 11) is -4.13. The summed E-state index contributed by atoms with van der Waals surface area (Å²) in [6, 6.07) is 2.36. The number of nitrogen functional groups attached to an aromatic ring is 1. The van der Waals surface area contributed by atoms with Crippen LogP contribution in [0.2, 0.25) is 0 Å². The maximum absolute atomic E-state index is 11.9. The van der Waals surface area contributed by atoms with Crippen molar-refractivity contribution in [2.45, 2.75) is 23.8 Å². The Hall–Kier alpha value is -2.29. The molecule has 0 spiro atoms. The van der Waals surface area contributed by atoms with Gasteiger partial charge in [-0.1, -0.05) is 0 Å². The van der Waals surface area contributed by atoms with Gasteiger partial charge in [-0.25, -0.2) is 22.7 Å². The third-order valence-corrected chi connectivity index (χ3v) is 4.09. The van der Waals surface area contributed by atoms with Crippen molar-refractivity contribution in [1.29, 1.82) is 0 Å². The smallest absolute Gasteiger partial charge is 0.335 e. The Bertz CT molecular complexity index is 667. The van der Waals surface area contributed by atoms with E-state index in [9.17, 15) is 18.0 Å². The Kier molecular flexibility index (Phi) is 3.53. The molecule has 1 fully saturated rings. The number of carbonyl (C=O) groups excluding carboxylic acids is 1. The minimum absolute atomic E-state index is 0.0110. The predicted molar refractivity (Wildman–Crippen MR) is 69.7 cm³/mol. The fraction of sp³-hybridized carbons (Fsp3) is 0.273. The topological polar surface area (TPSA) is 139 Å². The van der Waals surface area contributed by atoms with Crippen LogP contribution >= 0.6 is 0 Å². The summed E-state index contributed by atoms with van der Waals surface area (Å²) in [5.41, 5.74) is 5.15. The van der Waals surface area contributed by atoms with E-state index in [1.165, 1.54) is 0 Å². The minimum atomic E-state index is -4.13. The van der Waals surface area contributed by atoms with E-state index in [0.717, 1.165) is 31.0 Å². The summed E-state index contributed by atoms with van der Waals surface area (Å²) in [5.74, 6) is -1.22. The van der Waals surface area contributed by atoms with Gasteiger partial charge in [-0.2, -0.15) is 0 Å². The fourth-order valence-corrected chi connectivity index (χ4v) is 2.58. The average molecular weight is 299 g/mol. The lowest BCUT2D eigenvalue weighted by molar-refractivity contribution is 0.0696. The molecule has 0 aliphatic heterocycles. The van der Waals surface area contributed by atoms with Crippen LogP contribution in [0.1, 0.15) is 23.2 Å². The molecule has 1 aliphatic rings. The predicted octanol–water partition coefficient (Wildman–Crippen LogP) is 0.117. The van der Waals surface area contributed by atoms with Crippen molar-refractivity contribution >= 4 is 27.7 Å². The van der Waals surface area contributed by atoms with Gasteiger partial charge in [0.15, 0.2) is 0 Å². The first kappa shape index (κ1) is 14.1. The zero-order chi connectivity index (χ0) is 14.9. The van der Waals surface area contributed by atoms with Gasteiger partial charge < -0.3 is 16.2 Å². The van der Waals surface area contributed by atoms with Gasteiger partial charge in [0, 0.05) is 6.04 Å². The zero-order valence-electron chi connectivity index (χ0n) is 10.3. The van der Waals surface area contributed by atoms with Gasteiger partial charge in [0.05, 0.1) is 11.3 Å². The first-order chi connectivity index (χ1) is 9.29. The number of hydrogen-bond donors (Lipinski definition) is 4. The molecule has 2 rings (SSSR count). The highest BCUT2D eigenvalue weighted by atomic mass is 32.2. The summed E-state index contributed by atoms with van der Waals surface area (Å²) in [5, 5.41) is 11.2. The molecule has 108 valence electrons. The molecule has 1 aromatic rings. The second-order valence-electron chi connectivity index (χ2n) is 4.41. The molecule has 0 radical (unpaired) electrons. The van der Waals surface area contributed by atoms with Gasteiger partial charge in [-0.3, -0.25) is 0 Å². The molecule has 0 aromatic heterocycles. The summed E-state index contributed by atoms with van der Waals surface area (Å²) in [6.45, 7) is 0. The molecule has 0 saturated heterocycles. The SMILES string of the molecule is Nc1cc(C(=O)O)ccc1S(=O)(=O)NC(=O)NC1CC1. The number of nitrogens with one attached hydrogen (secondary N) is 2. The van der Waals surface area contributed by atoms with E-state index in [4.69, 9.17) is 10.8 Å². The van der Waals surface area contributed by atoms with Crippen LogP contribution in [-0.2, 0) is 10.0 Å². The van der Waals surface area contributed by atoms with Gasteiger partial charge >= 0.3 is 12.0 Å². The lowest BCUT2D eigenvalue weighted by atomic mass is 10.2. The number of carboxylic acids is 1. The number of benzene rings is 1. The van der Waals surface area contributed by atoms with E-state index in [1.54, 1.807) is 0 Å². The van der Waals surface area contributed by atoms with Crippen LogP contribution in [0.15, 0.2) is 23.1 Å². The van der Waals surface area contributed by atoms with Gasteiger partial charge in [0.25, 0.3) is 10.0 Å². The van der Waals surface area contributed by atoms with Crippen LogP contribution in [0.3, 0.4) is 0 Å². The molecule has 20 heavy (non-hydrogen) atoms. The molecule has 2 amide bonds. The zero-order valence-corrected chi connectivity index (χ0v) is 11.1. The largest absolute Gasteiger partial charge is 0.478 e. The maximum atomic E-state index is 11.9. The fourth-order valence-electron chi connectivity index (χ4n) is 1.55. The number of sulfonamides is 1. The summed E-state index contributed by atoms with van der Waals surface area (Å²) in [4.78, 5) is 21.8. The normalized spacial score (nSPS) is 14.6. The van der Waals surface area contributed by atoms with Gasteiger partial charge in [0.1, 0.15) is 4.90 Å². The van der Waals surface area contributed by atoms with E-state index >= 15 is 0 Å². The van der Waals surface area contributed by atoms with Crippen LogP contribution in [0.5, 0.6) is 0 Å². The molecular weight excluding hydrogens is 286 g/mol. The van der Waals surface area contributed by atoms with Crippen molar-refractivity contribution in [2.75, 3.05) is 5.73 Å². The van der Waals surface area contributed by atoms with E-state index in [1.807, 2.05) is 4.72 Å². The summed E-state index contributed by atoms with van der Waals surface area (Å²) >= 11 is 0. The molecule has 0 bridgehead atoms. The standard InChI is InChI=1S/C11H13N3O5S/c12-8-5-6(10(15)16)1-4-9(8)20(18,19)14-11(17)13-7-2-3-7/h1,4-5,7H,2-3,12H2,(H,15,16)(H2,13,14,17). The Labute approximate surface area is 115 Å². The highest BCUT2D eigenvalue weighted by Crippen LogP contribution is 2.21. The minimum Gasteiger partial charge on any atom is -0.478 e. The van der Waals surface area contributed by atoms with E-state index in [0.29, 0.717) is 0 Å².